The molecule has 7 nitrogen and oxygen atoms in total. The molecule has 0 aliphatic rings. The Labute approximate surface area is 168 Å². The Morgan fingerprint density at radius 1 is 1.10 bits per heavy atom. The predicted molar refractivity (Wildman–Crippen MR) is 110 cm³/mol. The molecule has 0 aliphatic carbocycles. The van der Waals surface area contributed by atoms with Crippen LogP contribution in [-0.2, 0) is 20.9 Å². The maximum Gasteiger partial charge on any atom is 0.335 e. The molecule has 3 rings (SSSR count). The Morgan fingerprint density at radius 2 is 1.76 bits per heavy atom. The Balaban J connectivity index is 1.61. The van der Waals surface area contributed by atoms with Gasteiger partial charge in [0.1, 0.15) is 0 Å². The first kappa shape index (κ1) is 21.0. The number of aryl methyl sites for hydroxylation is 1. The maximum absolute atomic E-state index is 12.3. The average molecular weight is 414 g/mol. The van der Waals surface area contributed by atoms with Gasteiger partial charge < -0.3 is 19.6 Å². The van der Waals surface area contributed by atoms with Crippen molar-refractivity contribution < 1.29 is 23.7 Å². The molecule has 0 spiro atoms. The molecule has 1 amide bonds. The second-order valence-corrected chi connectivity index (χ2v) is 9.48. The van der Waals surface area contributed by atoms with Crippen LogP contribution in [0, 0.1) is 0 Å². The van der Waals surface area contributed by atoms with Crippen LogP contribution < -0.4 is 5.32 Å². The quantitative estimate of drug-likeness (QED) is 0.496. The fraction of sp³-hybridized carbons (Fsp3) is 0.238. The smallest absolute Gasteiger partial charge is 0.335 e. The van der Waals surface area contributed by atoms with Gasteiger partial charge in [-0.25, -0.2) is 0 Å². The molecule has 0 atom stereocenters. The fourth-order valence-corrected chi connectivity index (χ4v) is 3.35. The van der Waals surface area contributed by atoms with Crippen LogP contribution in [0.1, 0.15) is 31.4 Å². The molecule has 0 unspecified atom stereocenters. The molecule has 0 aliphatic heterocycles. The topological polar surface area (TPSA) is 113 Å². The normalized spacial score (nSPS) is 12.0. The van der Waals surface area contributed by atoms with Gasteiger partial charge in [-0.15, -0.1) is 0 Å². The monoisotopic (exact) mass is 414 g/mol. The second kappa shape index (κ2) is 8.33. The van der Waals surface area contributed by atoms with Crippen LogP contribution in [0.2, 0.25) is 0 Å². The van der Waals surface area contributed by atoms with Crippen molar-refractivity contribution in [2.45, 2.75) is 31.8 Å². The zero-order valence-corrected chi connectivity index (χ0v) is 17.1. The number of nitrogens with one attached hydrogen (secondary N) is 1. The largest absolute Gasteiger partial charge is 0.356 e. The summed E-state index contributed by atoms with van der Waals surface area (Å²) in [4.78, 5) is 31.3. The lowest BCUT2D eigenvalue weighted by atomic mass is 10.0. The summed E-state index contributed by atoms with van der Waals surface area (Å²) in [5.74, 6) is 0.481. The van der Waals surface area contributed by atoms with Gasteiger partial charge in [-0.1, -0.05) is 47.6 Å². The van der Waals surface area contributed by atoms with E-state index in [0.717, 1.165) is 11.1 Å². The number of carbonyl (C=O) groups excluding carboxylic acids is 1. The van der Waals surface area contributed by atoms with Crippen LogP contribution in [0.3, 0.4) is 0 Å². The first-order valence-electron chi connectivity index (χ1n) is 9.13. The molecule has 3 aromatic rings. The number of amides is 1. The van der Waals surface area contributed by atoms with E-state index in [-0.39, 0.29) is 12.3 Å². The number of hydrogen-bond acceptors (Lipinski definition) is 4. The Bertz CT molecular complexity index is 1020. The van der Waals surface area contributed by atoms with E-state index in [9.17, 15) is 19.1 Å². The first-order chi connectivity index (χ1) is 13.7. The van der Waals surface area contributed by atoms with E-state index in [1.807, 2.05) is 30.3 Å². The maximum atomic E-state index is 12.3. The number of rotatable bonds is 7. The number of aromatic nitrogens is 1. The fourth-order valence-electron chi connectivity index (χ4n) is 2.87. The van der Waals surface area contributed by atoms with Gasteiger partial charge >= 0.3 is 7.60 Å². The lowest BCUT2D eigenvalue weighted by Crippen LogP contribution is -2.17. The Kier molecular flexibility index (Phi) is 6.03. The summed E-state index contributed by atoms with van der Waals surface area (Å²) in [7, 11) is -4.30. The minimum absolute atomic E-state index is 0.174. The third-order valence-electron chi connectivity index (χ3n) is 4.90. The van der Waals surface area contributed by atoms with Crippen LogP contribution in [0.15, 0.2) is 65.3 Å². The van der Waals surface area contributed by atoms with E-state index in [1.165, 1.54) is 13.8 Å². The van der Waals surface area contributed by atoms with Gasteiger partial charge in [0.15, 0.2) is 5.76 Å². The van der Waals surface area contributed by atoms with Crippen molar-refractivity contribution in [3.63, 3.8) is 0 Å². The standard InChI is InChI=1S/C21H23N2O5P/c1-21(2,29(25,26)27)17-9-11-18(12-10-17)23-19(24)13-8-16-14-22-28-20(16)15-6-4-3-5-7-15/h3-7,9-12,14H,8,13H2,1-2H3,(H,23,24)(H2,25,26,27). The summed E-state index contributed by atoms with van der Waals surface area (Å²) in [6.45, 7) is 2.98. The minimum atomic E-state index is -4.30. The van der Waals surface area contributed by atoms with Crippen molar-refractivity contribution in [3.8, 4) is 11.3 Å². The zero-order valence-electron chi connectivity index (χ0n) is 16.2. The molecular formula is C21H23N2O5P. The molecule has 8 heteroatoms. The lowest BCUT2D eigenvalue weighted by molar-refractivity contribution is -0.116. The van der Waals surface area contributed by atoms with E-state index in [0.29, 0.717) is 23.4 Å². The molecule has 0 radical (unpaired) electrons. The van der Waals surface area contributed by atoms with E-state index in [4.69, 9.17) is 4.52 Å². The van der Waals surface area contributed by atoms with Crippen molar-refractivity contribution in [2.75, 3.05) is 5.32 Å². The highest BCUT2D eigenvalue weighted by molar-refractivity contribution is 7.53. The predicted octanol–water partition coefficient (Wildman–Crippen LogP) is 4.33. The summed E-state index contributed by atoms with van der Waals surface area (Å²) in [5.41, 5.74) is 2.82. The summed E-state index contributed by atoms with van der Waals surface area (Å²) in [6.07, 6.45) is 2.34. The van der Waals surface area contributed by atoms with Crippen molar-refractivity contribution in [3.05, 3.63) is 71.9 Å². The second-order valence-electron chi connectivity index (χ2n) is 7.27. The number of benzene rings is 2. The van der Waals surface area contributed by atoms with E-state index in [2.05, 4.69) is 10.5 Å². The van der Waals surface area contributed by atoms with Crippen molar-refractivity contribution in [2.24, 2.45) is 0 Å². The number of anilines is 1. The van der Waals surface area contributed by atoms with Gasteiger partial charge in [0.25, 0.3) is 0 Å². The van der Waals surface area contributed by atoms with Crippen LogP contribution >= 0.6 is 7.60 Å². The van der Waals surface area contributed by atoms with Crippen LogP contribution in [0.4, 0.5) is 5.69 Å². The molecular weight excluding hydrogens is 391 g/mol. The molecule has 1 heterocycles. The number of nitrogens with zero attached hydrogens (tertiary/aromatic N) is 1. The molecule has 0 saturated heterocycles. The molecule has 1 aromatic heterocycles. The van der Waals surface area contributed by atoms with Crippen molar-refractivity contribution >= 4 is 19.2 Å². The molecule has 29 heavy (non-hydrogen) atoms. The van der Waals surface area contributed by atoms with Crippen LogP contribution in [-0.4, -0.2) is 20.9 Å². The van der Waals surface area contributed by atoms with Gasteiger partial charge in [-0.3, -0.25) is 9.36 Å². The zero-order chi connectivity index (χ0) is 21.1. The number of hydrogen-bond donors (Lipinski definition) is 3. The van der Waals surface area contributed by atoms with Gasteiger partial charge in [0, 0.05) is 23.2 Å². The summed E-state index contributed by atoms with van der Waals surface area (Å²) < 4.78 is 17.0. The Morgan fingerprint density at radius 3 is 2.38 bits per heavy atom. The summed E-state index contributed by atoms with van der Waals surface area (Å²) >= 11 is 0. The third-order valence-corrected chi connectivity index (χ3v) is 6.62. The molecule has 2 aromatic carbocycles. The molecule has 0 saturated carbocycles. The summed E-state index contributed by atoms with van der Waals surface area (Å²) in [5, 5.41) is 5.35. The molecule has 3 N–H and O–H groups in total. The Hall–Kier alpha value is -2.73. The van der Waals surface area contributed by atoms with Gasteiger partial charge in [0.05, 0.1) is 11.4 Å². The highest BCUT2D eigenvalue weighted by Gasteiger charge is 2.39. The average Bonchev–Trinajstić information content (AvgIpc) is 3.15. The van der Waals surface area contributed by atoms with Gasteiger partial charge in [-0.05, 0) is 38.0 Å². The van der Waals surface area contributed by atoms with Gasteiger partial charge in [-0.2, -0.15) is 0 Å². The third kappa shape index (κ3) is 4.82. The lowest BCUT2D eigenvalue weighted by Gasteiger charge is -2.26. The number of carbonyl (C=O) groups is 1. The van der Waals surface area contributed by atoms with Crippen molar-refractivity contribution in [1.29, 1.82) is 0 Å². The highest BCUT2D eigenvalue weighted by Crippen LogP contribution is 2.56. The van der Waals surface area contributed by atoms with E-state index < -0.39 is 12.8 Å². The van der Waals surface area contributed by atoms with Crippen LogP contribution in [0.5, 0.6) is 0 Å². The first-order valence-corrected chi connectivity index (χ1v) is 10.7. The molecule has 0 fully saturated rings. The minimum Gasteiger partial charge on any atom is -0.356 e. The molecule has 152 valence electrons. The SMILES string of the molecule is CC(C)(c1ccc(NC(=O)CCc2cnoc2-c2ccccc2)cc1)P(=O)(O)O. The van der Waals surface area contributed by atoms with E-state index >= 15 is 0 Å². The summed E-state index contributed by atoms with van der Waals surface area (Å²) in [6, 6.07) is 16.1. The van der Waals surface area contributed by atoms with E-state index in [1.54, 1.807) is 30.5 Å². The van der Waals surface area contributed by atoms with Gasteiger partial charge in [0.2, 0.25) is 5.91 Å². The molecule has 0 bridgehead atoms. The highest BCUT2D eigenvalue weighted by atomic mass is 31.2. The van der Waals surface area contributed by atoms with Crippen LogP contribution in [0.25, 0.3) is 11.3 Å². The van der Waals surface area contributed by atoms with Crippen molar-refractivity contribution in [1.82, 2.24) is 5.16 Å².